The molecule has 182 valence electrons. The molecule has 1 aromatic heterocycles. The van der Waals surface area contributed by atoms with Crippen LogP contribution in [0, 0.1) is 0 Å². The molecule has 0 aliphatic carbocycles. The number of hydrogen-bond donors (Lipinski definition) is 1. The maximum Gasteiger partial charge on any atom is 0.165 e. The van der Waals surface area contributed by atoms with E-state index in [0.29, 0.717) is 18.9 Å². The number of likely N-dealkylation sites (tertiary alicyclic amines) is 1. The molecule has 0 bridgehead atoms. The van der Waals surface area contributed by atoms with Gasteiger partial charge in [0, 0.05) is 29.9 Å². The number of unbranched alkanes of at least 4 members (excludes halogenated alkanes) is 1. The minimum Gasteiger partial charge on any atom is -0.494 e. The summed E-state index contributed by atoms with van der Waals surface area (Å²) in [5, 5.41) is 9.66. The second kappa shape index (κ2) is 11.8. The van der Waals surface area contributed by atoms with Crippen molar-refractivity contribution in [2.45, 2.75) is 51.0 Å². The van der Waals surface area contributed by atoms with Gasteiger partial charge in [-0.1, -0.05) is 30.7 Å². The molecule has 34 heavy (non-hydrogen) atoms. The zero-order valence-electron chi connectivity index (χ0n) is 20.1. The molecule has 3 aromatic rings. The second-order valence-corrected chi connectivity index (χ2v) is 9.41. The molecule has 0 saturated carbocycles. The van der Waals surface area contributed by atoms with Crippen LogP contribution in [0.2, 0.25) is 5.02 Å². The standard InChI is InChI=1S/C27H34ClN3O3/c1-3-25(32)27(33-2)20-6-9-22(10-7-20)34-17-5-4-14-31-15-12-19(13-16-31)26-23-11-8-21(28)18-24(23)29-30-26/h6-11,18-19,27H,3-5,12-17H2,1-2H3,(H,29,30). The fourth-order valence-electron chi connectivity index (χ4n) is 4.76. The van der Waals surface area contributed by atoms with Crippen LogP contribution >= 0.6 is 11.6 Å². The van der Waals surface area contributed by atoms with Crippen LogP contribution in [-0.2, 0) is 9.53 Å². The number of Topliss-reactive ketones (excluding diaryl/α,β-unsaturated/α-hetero) is 1. The van der Waals surface area contributed by atoms with Crippen LogP contribution in [0.15, 0.2) is 42.5 Å². The summed E-state index contributed by atoms with van der Waals surface area (Å²) in [5.74, 6) is 1.42. The Morgan fingerprint density at radius 3 is 2.65 bits per heavy atom. The maximum absolute atomic E-state index is 12.0. The number of aromatic nitrogens is 2. The molecule has 1 aliphatic heterocycles. The van der Waals surface area contributed by atoms with Crippen molar-refractivity contribution in [1.82, 2.24) is 15.1 Å². The summed E-state index contributed by atoms with van der Waals surface area (Å²) in [5.41, 5.74) is 3.07. The van der Waals surface area contributed by atoms with Crippen LogP contribution < -0.4 is 4.74 Å². The summed E-state index contributed by atoms with van der Waals surface area (Å²) >= 11 is 6.10. The van der Waals surface area contributed by atoms with E-state index < -0.39 is 6.10 Å². The number of methoxy groups -OCH3 is 1. The van der Waals surface area contributed by atoms with E-state index in [2.05, 4.69) is 21.2 Å². The Bertz CT molecular complexity index is 1070. The van der Waals surface area contributed by atoms with E-state index >= 15 is 0 Å². The van der Waals surface area contributed by atoms with E-state index in [-0.39, 0.29) is 5.78 Å². The molecule has 1 saturated heterocycles. The van der Waals surface area contributed by atoms with Gasteiger partial charge in [0.1, 0.15) is 11.9 Å². The topological polar surface area (TPSA) is 67.5 Å². The quantitative estimate of drug-likeness (QED) is 0.343. The number of hydrogen-bond acceptors (Lipinski definition) is 5. The molecule has 1 fully saturated rings. The monoisotopic (exact) mass is 483 g/mol. The summed E-state index contributed by atoms with van der Waals surface area (Å²) in [7, 11) is 1.57. The van der Waals surface area contributed by atoms with Gasteiger partial charge in [-0.3, -0.25) is 9.89 Å². The molecule has 0 radical (unpaired) electrons. The number of ketones is 1. The summed E-state index contributed by atoms with van der Waals surface area (Å²) < 4.78 is 11.2. The van der Waals surface area contributed by atoms with E-state index in [1.165, 1.54) is 11.1 Å². The number of carbonyl (C=O) groups is 1. The number of halogens is 1. The van der Waals surface area contributed by atoms with Crippen LogP contribution in [0.3, 0.4) is 0 Å². The van der Waals surface area contributed by atoms with Gasteiger partial charge in [-0.25, -0.2) is 0 Å². The van der Waals surface area contributed by atoms with Gasteiger partial charge in [0.15, 0.2) is 5.78 Å². The highest BCUT2D eigenvalue weighted by atomic mass is 35.5. The van der Waals surface area contributed by atoms with Crippen LogP contribution in [0.5, 0.6) is 5.75 Å². The van der Waals surface area contributed by atoms with Crippen LogP contribution in [0.1, 0.15) is 62.3 Å². The van der Waals surface area contributed by atoms with Crippen LogP contribution in [-0.4, -0.2) is 54.2 Å². The van der Waals surface area contributed by atoms with Gasteiger partial charge in [0.25, 0.3) is 0 Å². The molecule has 1 atom stereocenters. The maximum atomic E-state index is 12.0. The highest BCUT2D eigenvalue weighted by Gasteiger charge is 2.24. The molecule has 7 heteroatoms. The van der Waals surface area contributed by atoms with Gasteiger partial charge in [-0.05, 0) is 81.2 Å². The molecule has 1 aliphatic rings. The smallest absolute Gasteiger partial charge is 0.165 e. The number of nitrogens with one attached hydrogen (secondary N) is 1. The SMILES string of the molecule is CCC(=O)C(OC)c1ccc(OCCCCN2CCC(c3n[nH]c4cc(Cl)ccc34)CC2)cc1. The molecule has 4 rings (SSSR count). The molecule has 1 N–H and O–H groups in total. The Hall–Kier alpha value is -2.41. The molecule has 2 heterocycles. The van der Waals surface area contributed by atoms with E-state index in [1.807, 2.05) is 43.3 Å². The van der Waals surface area contributed by atoms with Crippen molar-refractivity contribution in [2.75, 3.05) is 33.4 Å². The summed E-state index contributed by atoms with van der Waals surface area (Å²) in [4.78, 5) is 14.5. The Kier molecular flexibility index (Phi) is 8.59. The first-order chi connectivity index (χ1) is 16.6. The highest BCUT2D eigenvalue weighted by molar-refractivity contribution is 6.31. The first-order valence-electron chi connectivity index (χ1n) is 12.2. The van der Waals surface area contributed by atoms with E-state index in [9.17, 15) is 4.79 Å². The number of carbonyl (C=O) groups excluding carboxylic acids is 1. The summed E-state index contributed by atoms with van der Waals surface area (Å²) in [6.07, 6.45) is 4.37. The van der Waals surface area contributed by atoms with E-state index in [4.69, 9.17) is 21.1 Å². The molecular formula is C27H34ClN3O3. The lowest BCUT2D eigenvalue weighted by Crippen LogP contribution is -2.34. The van der Waals surface area contributed by atoms with Gasteiger partial charge in [0.05, 0.1) is 17.8 Å². The van der Waals surface area contributed by atoms with Crippen molar-refractivity contribution in [3.8, 4) is 5.75 Å². The van der Waals surface area contributed by atoms with Crippen LogP contribution in [0.25, 0.3) is 10.9 Å². The molecule has 1 unspecified atom stereocenters. The Morgan fingerprint density at radius 1 is 1.18 bits per heavy atom. The number of piperidine rings is 1. The minimum absolute atomic E-state index is 0.0860. The molecule has 0 spiro atoms. The van der Waals surface area contributed by atoms with Gasteiger partial charge in [-0.2, -0.15) is 5.10 Å². The minimum atomic E-state index is -0.492. The molecule has 2 aromatic carbocycles. The normalized spacial score (nSPS) is 16.1. The lowest BCUT2D eigenvalue weighted by Gasteiger charge is -2.31. The number of benzene rings is 2. The fourth-order valence-corrected chi connectivity index (χ4v) is 4.93. The Labute approximate surface area is 206 Å². The second-order valence-electron chi connectivity index (χ2n) is 8.97. The number of rotatable bonds is 11. The van der Waals surface area contributed by atoms with Gasteiger partial charge in [0.2, 0.25) is 0 Å². The number of H-pyrrole nitrogens is 1. The Morgan fingerprint density at radius 2 is 1.94 bits per heavy atom. The third kappa shape index (κ3) is 5.98. The van der Waals surface area contributed by atoms with Crippen molar-refractivity contribution in [3.63, 3.8) is 0 Å². The van der Waals surface area contributed by atoms with Crippen molar-refractivity contribution in [3.05, 3.63) is 58.7 Å². The molecule has 0 amide bonds. The third-order valence-electron chi connectivity index (χ3n) is 6.73. The number of fused-ring (bicyclic) bond motifs is 1. The number of aromatic amines is 1. The van der Waals surface area contributed by atoms with Crippen molar-refractivity contribution in [2.24, 2.45) is 0 Å². The van der Waals surface area contributed by atoms with Gasteiger partial charge in [-0.15, -0.1) is 0 Å². The molecule has 6 nitrogen and oxygen atoms in total. The number of nitrogens with zero attached hydrogens (tertiary/aromatic N) is 2. The number of ether oxygens (including phenoxy) is 2. The first-order valence-corrected chi connectivity index (χ1v) is 12.6. The molecular weight excluding hydrogens is 450 g/mol. The predicted molar refractivity (Wildman–Crippen MR) is 136 cm³/mol. The third-order valence-corrected chi connectivity index (χ3v) is 6.96. The van der Waals surface area contributed by atoms with Crippen molar-refractivity contribution in [1.29, 1.82) is 0 Å². The van der Waals surface area contributed by atoms with E-state index in [0.717, 1.165) is 67.2 Å². The summed E-state index contributed by atoms with van der Waals surface area (Å²) in [6, 6.07) is 13.6. The first kappa shape index (κ1) is 24.7. The summed E-state index contributed by atoms with van der Waals surface area (Å²) in [6.45, 7) is 5.85. The van der Waals surface area contributed by atoms with Gasteiger partial charge >= 0.3 is 0 Å². The fraction of sp³-hybridized carbons (Fsp3) is 0.481. The largest absolute Gasteiger partial charge is 0.494 e. The zero-order chi connectivity index (χ0) is 23.9. The average Bonchev–Trinajstić information content (AvgIpc) is 3.28. The van der Waals surface area contributed by atoms with Crippen molar-refractivity contribution >= 4 is 28.3 Å². The average molecular weight is 484 g/mol. The highest BCUT2D eigenvalue weighted by Crippen LogP contribution is 2.32. The van der Waals surface area contributed by atoms with Crippen LogP contribution in [0.4, 0.5) is 0 Å². The van der Waals surface area contributed by atoms with E-state index in [1.54, 1.807) is 7.11 Å². The van der Waals surface area contributed by atoms with Crippen molar-refractivity contribution < 1.29 is 14.3 Å². The Balaban J connectivity index is 1.15. The van der Waals surface area contributed by atoms with Gasteiger partial charge < -0.3 is 14.4 Å². The zero-order valence-corrected chi connectivity index (χ0v) is 20.8. The lowest BCUT2D eigenvalue weighted by molar-refractivity contribution is -0.128. The predicted octanol–water partition coefficient (Wildman–Crippen LogP) is 5.92. The lowest BCUT2D eigenvalue weighted by atomic mass is 9.91.